The number of rotatable bonds is 17. The molecular formula is C18H30N4O9S2. The smallest absolute Gasteiger partial charge is 0.326 e. The Balaban J connectivity index is 5.54. The van der Waals surface area contributed by atoms with Gasteiger partial charge < -0.3 is 37.0 Å². The predicted octanol–water partition coefficient (Wildman–Crippen LogP) is -1.73. The van der Waals surface area contributed by atoms with Gasteiger partial charge in [0, 0.05) is 18.6 Å². The van der Waals surface area contributed by atoms with Crippen molar-refractivity contribution in [1.82, 2.24) is 16.0 Å². The number of carboxylic acids is 3. The van der Waals surface area contributed by atoms with Crippen molar-refractivity contribution in [2.24, 2.45) is 5.73 Å². The Morgan fingerprint density at radius 3 is 1.58 bits per heavy atom. The molecule has 0 aliphatic carbocycles. The van der Waals surface area contributed by atoms with Crippen molar-refractivity contribution in [3.05, 3.63) is 0 Å². The summed E-state index contributed by atoms with van der Waals surface area (Å²) in [4.78, 5) is 70.7. The molecule has 0 radical (unpaired) electrons. The summed E-state index contributed by atoms with van der Waals surface area (Å²) in [6.45, 7) is 0. The van der Waals surface area contributed by atoms with Crippen molar-refractivity contribution in [2.75, 3.05) is 17.8 Å². The molecule has 0 aromatic carbocycles. The Bertz CT molecular complexity index is 723. The SMILES string of the molecule is CSCCC(NC(=O)C(CCC(=O)O)NC(=O)C(CCC(=O)O)NC(=O)C(N)CS)C(=O)O. The molecule has 0 rings (SSSR count). The van der Waals surface area contributed by atoms with Gasteiger partial charge in [0.2, 0.25) is 17.7 Å². The second-order valence-corrected chi connectivity index (χ2v) is 8.31. The minimum Gasteiger partial charge on any atom is -0.481 e. The minimum atomic E-state index is -1.44. The lowest BCUT2D eigenvalue weighted by molar-refractivity contribution is -0.143. The third-order valence-corrected chi connectivity index (χ3v) is 5.36. The fourth-order valence-electron chi connectivity index (χ4n) is 2.47. The van der Waals surface area contributed by atoms with Crippen molar-refractivity contribution in [2.45, 2.75) is 56.3 Å². The van der Waals surface area contributed by atoms with E-state index in [1.165, 1.54) is 11.8 Å². The Morgan fingerprint density at radius 2 is 1.21 bits per heavy atom. The van der Waals surface area contributed by atoms with E-state index in [2.05, 4.69) is 28.6 Å². The minimum absolute atomic E-state index is 0.0463. The van der Waals surface area contributed by atoms with E-state index >= 15 is 0 Å². The van der Waals surface area contributed by atoms with Crippen molar-refractivity contribution in [3.63, 3.8) is 0 Å². The molecule has 3 amide bonds. The summed E-state index contributed by atoms with van der Waals surface area (Å²) in [5, 5.41) is 34.0. The average molecular weight is 511 g/mol. The zero-order chi connectivity index (χ0) is 25.6. The van der Waals surface area contributed by atoms with Crippen LogP contribution in [0.1, 0.15) is 32.1 Å². The normalized spacial score (nSPS) is 14.3. The molecule has 8 N–H and O–H groups in total. The van der Waals surface area contributed by atoms with E-state index in [9.17, 15) is 33.9 Å². The Kier molecular flexibility index (Phi) is 14.9. The number of nitrogens with two attached hydrogens (primary N) is 1. The van der Waals surface area contributed by atoms with Gasteiger partial charge in [-0.15, -0.1) is 0 Å². The van der Waals surface area contributed by atoms with E-state index in [-0.39, 0.29) is 25.0 Å². The predicted molar refractivity (Wildman–Crippen MR) is 122 cm³/mol. The van der Waals surface area contributed by atoms with Crippen LogP contribution in [0.3, 0.4) is 0 Å². The van der Waals surface area contributed by atoms with Gasteiger partial charge >= 0.3 is 17.9 Å². The maximum Gasteiger partial charge on any atom is 0.326 e. The summed E-state index contributed by atoms with van der Waals surface area (Å²) in [6, 6.07) is -5.16. The molecule has 0 aromatic heterocycles. The third-order valence-electron chi connectivity index (χ3n) is 4.32. The van der Waals surface area contributed by atoms with Gasteiger partial charge in [-0.2, -0.15) is 24.4 Å². The van der Waals surface area contributed by atoms with Crippen LogP contribution in [0.15, 0.2) is 0 Å². The lowest BCUT2D eigenvalue weighted by atomic mass is 10.1. The molecule has 15 heteroatoms. The van der Waals surface area contributed by atoms with Crippen LogP contribution in [0.2, 0.25) is 0 Å². The van der Waals surface area contributed by atoms with Gasteiger partial charge in [-0.3, -0.25) is 24.0 Å². The molecule has 0 saturated carbocycles. The quantitative estimate of drug-likeness (QED) is 0.103. The first-order valence-corrected chi connectivity index (χ1v) is 11.9. The highest BCUT2D eigenvalue weighted by Crippen LogP contribution is 2.06. The van der Waals surface area contributed by atoms with Crippen LogP contribution in [-0.4, -0.2) is 92.9 Å². The molecule has 0 fully saturated rings. The fourth-order valence-corrected chi connectivity index (χ4v) is 3.11. The van der Waals surface area contributed by atoms with Crippen LogP contribution in [0.4, 0.5) is 0 Å². The van der Waals surface area contributed by atoms with Gasteiger partial charge in [0.1, 0.15) is 18.1 Å². The maximum atomic E-state index is 12.7. The Labute approximate surface area is 200 Å². The fraction of sp³-hybridized carbons (Fsp3) is 0.667. The Hall–Kier alpha value is -2.52. The van der Waals surface area contributed by atoms with E-state index < -0.39 is 72.6 Å². The van der Waals surface area contributed by atoms with Crippen LogP contribution < -0.4 is 21.7 Å². The molecule has 188 valence electrons. The van der Waals surface area contributed by atoms with Crippen molar-refractivity contribution < 1.29 is 44.1 Å². The molecule has 0 aliphatic rings. The van der Waals surface area contributed by atoms with E-state index in [1.807, 2.05) is 0 Å². The number of carboxylic acid groups (broad SMARTS) is 3. The number of nitrogens with one attached hydrogen (secondary N) is 3. The monoisotopic (exact) mass is 510 g/mol. The molecule has 0 bridgehead atoms. The van der Waals surface area contributed by atoms with E-state index in [0.29, 0.717) is 5.75 Å². The number of thioether (sulfide) groups is 1. The number of carbonyl (C=O) groups excluding carboxylic acids is 3. The second kappa shape index (κ2) is 16.1. The standard InChI is InChI=1S/C18H30N4O9S2/c1-33-7-6-12(18(30)31)22-17(29)11(3-5-14(25)26)21-16(28)10(2-4-13(23)24)20-15(27)9(19)8-32/h9-12,32H,2-8,19H2,1H3,(H,20,27)(H,21,28)(H,22,29)(H,23,24)(H,25,26)(H,30,31). The van der Waals surface area contributed by atoms with Crippen molar-refractivity contribution in [1.29, 1.82) is 0 Å². The molecule has 4 atom stereocenters. The van der Waals surface area contributed by atoms with Gasteiger partial charge in [-0.1, -0.05) is 0 Å². The average Bonchev–Trinajstić information content (AvgIpc) is 2.74. The summed E-state index contributed by atoms with van der Waals surface area (Å²) in [5.41, 5.74) is 5.55. The largest absolute Gasteiger partial charge is 0.481 e. The first kappa shape index (κ1) is 30.5. The van der Waals surface area contributed by atoms with E-state index in [0.717, 1.165) is 0 Å². The highest BCUT2D eigenvalue weighted by Gasteiger charge is 2.30. The topological polar surface area (TPSA) is 225 Å². The maximum absolute atomic E-state index is 12.7. The third kappa shape index (κ3) is 12.9. The van der Waals surface area contributed by atoms with Crippen molar-refractivity contribution >= 4 is 60.0 Å². The van der Waals surface area contributed by atoms with Crippen molar-refractivity contribution in [3.8, 4) is 0 Å². The molecule has 33 heavy (non-hydrogen) atoms. The molecule has 0 aliphatic heterocycles. The summed E-state index contributed by atoms with van der Waals surface area (Å²) in [7, 11) is 0. The second-order valence-electron chi connectivity index (χ2n) is 6.96. The van der Waals surface area contributed by atoms with Gasteiger partial charge in [-0.25, -0.2) is 4.79 Å². The highest BCUT2D eigenvalue weighted by molar-refractivity contribution is 7.98. The summed E-state index contributed by atoms with van der Waals surface area (Å²) in [5.74, 6) is -6.05. The van der Waals surface area contributed by atoms with Crippen LogP contribution in [0, 0.1) is 0 Å². The van der Waals surface area contributed by atoms with Crippen LogP contribution >= 0.6 is 24.4 Å². The van der Waals surface area contributed by atoms with Crippen LogP contribution in [0.5, 0.6) is 0 Å². The first-order valence-electron chi connectivity index (χ1n) is 9.85. The molecule has 4 unspecified atom stereocenters. The molecular weight excluding hydrogens is 480 g/mol. The molecule has 0 saturated heterocycles. The van der Waals surface area contributed by atoms with Gasteiger partial charge in [0.15, 0.2) is 0 Å². The summed E-state index contributed by atoms with van der Waals surface area (Å²) >= 11 is 5.24. The number of hydrogen-bond acceptors (Lipinski definition) is 9. The zero-order valence-electron chi connectivity index (χ0n) is 18.0. The number of amides is 3. The summed E-state index contributed by atoms with van der Waals surface area (Å²) in [6.07, 6.45) is 0.152. The van der Waals surface area contributed by atoms with Crippen LogP contribution in [-0.2, 0) is 28.8 Å². The lowest BCUT2D eigenvalue weighted by Gasteiger charge is -2.24. The molecule has 0 spiro atoms. The number of carbonyl (C=O) groups is 6. The summed E-state index contributed by atoms with van der Waals surface area (Å²) < 4.78 is 0. The zero-order valence-corrected chi connectivity index (χ0v) is 19.7. The Morgan fingerprint density at radius 1 is 0.788 bits per heavy atom. The van der Waals surface area contributed by atoms with E-state index in [4.69, 9.17) is 15.9 Å². The molecule has 0 heterocycles. The number of aliphatic carboxylic acids is 3. The molecule has 0 aromatic rings. The van der Waals surface area contributed by atoms with E-state index in [1.54, 1.807) is 6.26 Å². The van der Waals surface area contributed by atoms with Crippen LogP contribution in [0.25, 0.3) is 0 Å². The van der Waals surface area contributed by atoms with Gasteiger partial charge in [0.25, 0.3) is 0 Å². The first-order chi connectivity index (χ1) is 15.4. The van der Waals surface area contributed by atoms with Gasteiger partial charge in [-0.05, 0) is 31.3 Å². The lowest BCUT2D eigenvalue weighted by Crippen LogP contribution is -2.57. The molecule has 13 nitrogen and oxygen atoms in total. The number of hydrogen-bond donors (Lipinski definition) is 8. The highest BCUT2D eigenvalue weighted by atomic mass is 32.2. The van der Waals surface area contributed by atoms with Gasteiger partial charge in [0.05, 0.1) is 6.04 Å². The number of thiol groups is 1.